The van der Waals surface area contributed by atoms with E-state index in [9.17, 15) is 14.4 Å². The van der Waals surface area contributed by atoms with Gasteiger partial charge in [-0.1, -0.05) is 41.9 Å². The Kier molecular flexibility index (Phi) is 10.7. The van der Waals surface area contributed by atoms with Gasteiger partial charge in [-0.3, -0.25) is 14.4 Å². The van der Waals surface area contributed by atoms with Gasteiger partial charge in [-0.2, -0.15) is 5.21 Å². The Morgan fingerprint density at radius 2 is 1.69 bits per heavy atom. The number of nitrogens with zero attached hydrogens (tertiary/aromatic N) is 3. The molecule has 4 aromatic rings. The maximum absolute atomic E-state index is 13.6. The van der Waals surface area contributed by atoms with Crippen molar-refractivity contribution < 1.29 is 14.4 Å². The molecule has 0 spiro atoms. The molecule has 1 aliphatic heterocycles. The van der Waals surface area contributed by atoms with E-state index in [4.69, 9.17) is 17.3 Å². The van der Waals surface area contributed by atoms with Crippen molar-refractivity contribution in [2.24, 2.45) is 17.6 Å². The van der Waals surface area contributed by atoms with Crippen LogP contribution < -0.4 is 27.0 Å². The minimum absolute atomic E-state index is 0.116. The van der Waals surface area contributed by atoms with Crippen LogP contribution in [0.25, 0.3) is 22.5 Å². The fraction of sp³-hybridized carbons (Fsp3) is 0.371. The topological polar surface area (TPSA) is 180 Å². The number of nitrogens with two attached hydrogens (primary N) is 1. The smallest absolute Gasteiger partial charge is 0.251 e. The molecule has 1 aliphatic carbocycles. The average molecular weight is 670 g/mol. The molecule has 250 valence electrons. The van der Waals surface area contributed by atoms with Crippen LogP contribution >= 0.6 is 11.6 Å². The number of H-pyrrole nitrogens is 1. The van der Waals surface area contributed by atoms with Crippen LogP contribution in [0.15, 0.2) is 66.7 Å². The summed E-state index contributed by atoms with van der Waals surface area (Å²) in [7, 11) is 0. The van der Waals surface area contributed by atoms with Crippen molar-refractivity contribution in [2.75, 3.05) is 25.0 Å². The average Bonchev–Trinajstić information content (AvgIpc) is 3.84. The summed E-state index contributed by atoms with van der Waals surface area (Å²) in [5.74, 6) is 0.162. The fourth-order valence-electron chi connectivity index (χ4n) is 6.37. The number of hydrogen-bond donors (Lipinski definition) is 6. The van der Waals surface area contributed by atoms with Gasteiger partial charge in [0.05, 0.1) is 0 Å². The predicted octanol–water partition coefficient (Wildman–Crippen LogP) is 3.71. The molecule has 2 aliphatic rings. The number of halogens is 1. The number of hydrogen-bond acceptors (Lipinski definition) is 8. The zero-order chi connectivity index (χ0) is 33.5. The summed E-state index contributed by atoms with van der Waals surface area (Å²) in [6.07, 6.45) is 4.53. The third-order valence-corrected chi connectivity index (χ3v) is 9.58. The van der Waals surface area contributed by atoms with Gasteiger partial charge in [-0.05, 0) is 104 Å². The summed E-state index contributed by atoms with van der Waals surface area (Å²) >= 11 is 6.64. The highest BCUT2D eigenvalue weighted by Gasteiger charge is 2.29. The molecule has 0 bridgehead atoms. The van der Waals surface area contributed by atoms with Gasteiger partial charge >= 0.3 is 0 Å². The number of carbonyl (C=O) groups excluding carboxylic acids is 3. The van der Waals surface area contributed by atoms with E-state index < -0.39 is 6.04 Å². The molecular formula is C35H40ClN9O3. The Labute approximate surface area is 284 Å². The van der Waals surface area contributed by atoms with Crippen LogP contribution in [0.3, 0.4) is 0 Å². The first-order valence-electron chi connectivity index (χ1n) is 16.4. The third-order valence-electron chi connectivity index (χ3n) is 9.27. The Morgan fingerprint density at radius 3 is 2.33 bits per heavy atom. The number of carbonyl (C=O) groups is 3. The Hall–Kier alpha value is -4.65. The molecule has 12 nitrogen and oxygen atoms in total. The third kappa shape index (κ3) is 8.25. The molecular weight excluding hydrogens is 630 g/mol. The van der Waals surface area contributed by atoms with Crippen molar-refractivity contribution in [1.29, 1.82) is 0 Å². The van der Waals surface area contributed by atoms with Crippen molar-refractivity contribution in [3.63, 3.8) is 0 Å². The maximum Gasteiger partial charge on any atom is 0.251 e. The monoisotopic (exact) mass is 669 g/mol. The summed E-state index contributed by atoms with van der Waals surface area (Å²) in [5, 5.41) is 26.7. The van der Waals surface area contributed by atoms with E-state index in [1.54, 1.807) is 36.4 Å². The molecule has 3 amide bonds. The SMILES string of the molecule is NCC1CCC(C(=O)NC(Cc2ccc(-c3ccc(C(=O)NC4CCNC4)cc3Cl)cc2)C(=O)Nc2ccc(-c3nn[nH]n3)cc2)CC1. The predicted molar refractivity (Wildman–Crippen MR) is 184 cm³/mol. The summed E-state index contributed by atoms with van der Waals surface area (Å²) in [5.41, 5.74) is 10.2. The van der Waals surface area contributed by atoms with E-state index in [0.717, 1.165) is 67.4 Å². The molecule has 7 N–H and O–H groups in total. The minimum Gasteiger partial charge on any atom is -0.348 e. The Bertz CT molecular complexity index is 1700. The molecule has 3 aromatic carbocycles. The normalized spacial score (nSPS) is 19.8. The number of benzene rings is 3. The minimum atomic E-state index is -0.802. The highest BCUT2D eigenvalue weighted by atomic mass is 35.5. The first-order chi connectivity index (χ1) is 23.4. The van der Waals surface area contributed by atoms with E-state index in [-0.39, 0.29) is 29.7 Å². The van der Waals surface area contributed by atoms with E-state index in [0.29, 0.717) is 41.0 Å². The lowest BCUT2D eigenvalue weighted by molar-refractivity contribution is -0.130. The molecule has 2 fully saturated rings. The Morgan fingerprint density at radius 1 is 0.938 bits per heavy atom. The van der Waals surface area contributed by atoms with Crippen LogP contribution in [0.2, 0.25) is 5.02 Å². The van der Waals surface area contributed by atoms with Gasteiger partial charge < -0.3 is 27.0 Å². The van der Waals surface area contributed by atoms with Gasteiger partial charge in [0.2, 0.25) is 17.6 Å². The number of aromatic amines is 1. The van der Waals surface area contributed by atoms with Crippen LogP contribution in [-0.4, -0.2) is 70.1 Å². The number of nitrogens with one attached hydrogen (secondary N) is 5. The number of anilines is 1. The first kappa shape index (κ1) is 33.3. The van der Waals surface area contributed by atoms with Gasteiger partial charge in [-0.15, -0.1) is 10.2 Å². The van der Waals surface area contributed by atoms with Gasteiger partial charge in [0.25, 0.3) is 5.91 Å². The second kappa shape index (κ2) is 15.5. The molecule has 2 atom stereocenters. The number of tetrazole rings is 1. The number of rotatable bonds is 11. The van der Waals surface area contributed by atoms with E-state index >= 15 is 0 Å². The van der Waals surface area contributed by atoms with Crippen molar-refractivity contribution in [2.45, 2.75) is 50.6 Å². The number of aromatic nitrogens is 4. The second-order valence-electron chi connectivity index (χ2n) is 12.6. The van der Waals surface area contributed by atoms with E-state index in [2.05, 4.69) is 41.9 Å². The highest BCUT2D eigenvalue weighted by molar-refractivity contribution is 6.33. The van der Waals surface area contributed by atoms with Crippen molar-refractivity contribution in [1.82, 2.24) is 36.6 Å². The number of amides is 3. The summed E-state index contributed by atoms with van der Waals surface area (Å²) in [6.45, 7) is 2.29. The lowest BCUT2D eigenvalue weighted by atomic mass is 9.81. The molecule has 6 rings (SSSR count). The second-order valence-corrected chi connectivity index (χ2v) is 13.0. The van der Waals surface area contributed by atoms with Gasteiger partial charge in [-0.25, -0.2) is 0 Å². The molecule has 13 heteroatoms. The standard InChI is InChI=1S/C35H40ClN9O3/c36-30-18-26(34(47)40-28-15-16-38-20-28)11-14-29(30)23-5-1-21(2-6-23)17-31(41-33(46)25-7-3-22(19-37)4-8-25)35(48)39-27-12-9-24(10-13-27)32-42-44-45-43-32/h1-2,5-6,9-14,18,22,25,28,31,38H,3-4,7-8,15-17,19-20,37H2,(H,39,48)(H,40,47)(H,41,46)(H,42,43,44,45). The molecule has 2 unspecified atom stereocenters. The molecule has 2 heterocycles. The molecule has 1 saturated carbocycles. The van der Waals surface area contributed by atoms with Crippen LogP contribution in [0.4, 0.5) is 5.69 Å². The molecule has 1 saturated heterocycles. The first-order valence-corrected chi connectivity index (χ1v) is 16.8. The van der Waals surface area contributed by atoms with Crippen LogP contribution in [0.1, 0.15) is 48.0 Å². The van der Waals surface area contributed by atoms with E-state index in [1.807, 2.05) is 30.3 Å². The van der Waals surface area contributed by atoms with Gasteiger partial charge in [0.1, 0.15) is 6.04 Å². The molecule has 48 heavy (non-hydrogen) atoms. The summed E-state index contributed by atoms with van der Waals surface area (Å²) in [6, 6.07) is 19.5. The van der Waals surface area contributed by atoms with Crippen LogP contribution in [0.5, 0.6) is 0 Å². The molecule has 1 aromatic heterocycles. The zero-order valence-electron chi connectivity index (χ0n) is 26.5. The van der Waals surface area contributed by atoms with E-state index in [1.165, 1.54) is 0 Å². The van der Waals surface area contributed by atoms with Crippen LogP contribution in [0, 0.1) is 11.8 Å². The Balaban J connectivity index is 1.14. The van der Waals surface area contributed by atoms with Gasteiger partial charge in [0, 0.05) is 52.3 Å². The zero-order valence-corrected chi connectivity index (χ0v) is 27.3. The van der Waals surface area contributed by atoms with Crippen molar-refractivity contribution >= 4 is 35.0 Å². The van der Waals surface area contributed by atoms with Gasteiger partial charge in [0.15, 0.2) is 0 Å². The fourth-order valence-corrected chi connectivity index (χ4v) is 6.66. The maximum atomic E-state index is 13.6. The quantitative estimate of drug-likeness (QED) is 0.140. The van der Waals surface area contributed by atoms with Crippen molar-refractivity contribution in [3.05, 3.63) is 82.9 Å². The highest BCUT2D eigenvalue weighted by Crippen LogP contribution is 2.30. The summed E-state index contributed by atoms with van der Waals surface area (Å²) in [4.78, 5) is 39.7. The largest absolute Gasteiger partial charge is 0.348 e. The summed E-state index contributed by atoms with van der Waals surface area (Å²) < 4.78 is 0. The lowest BCUT2D eigenvalue weighted by Gasteiger charge is -2.28. The van der Waals surface area contributed by atoms with Crippen molar-refractivity contribution in [3.8, 4) is 22.5 Å². The lowest BCUT2D eigenvalue weighted by Crippen LogP contribution is -2.48. The molecule has 0 radical (unpaired) electrons. The van der Waals surface area contributed by atoms with Crippen LogP contribution in [-0.2, 0) is 16.0 Å².